The van der Waals surface area contributed by atoms with Crippen molar-refractivity contribution in [3.8, 4) is 0 Å². The number of nitrogens with zero attached hydrogens (tertiary/aromatic N) is 2. The van der Waals surface area contributed by atoms with Gasteiger partial charge >= 0.3 is 0 Å². The molecule has 1 unspecified atom stereocenters. The molecule has 2 N–H and O–H groups in total. The third-order valence-corrected chi connectivity index (χ3v) is 4.97. The quantitative estimate of drug-likeness (QED) is 0.467. The highest BCUT2D eigenvalue weighted by Crippen LogP contribution is 2.20. The zero-order valence-electron chi connectivity index (χ0n) is 15.7. The number of rotatable bonds is 5. The van der Waals surface area contributed by atoms with Gasteiger partial charge in [0.05, 0.1) is 24.5 Å². The summed E-state index contributed by atoms with van der Waals surface area (Å²) in [7, 11) is 0. The Labute approximate surface area is 170 Å². The van der Waals surface area contributed by atoms with E-state index in [2.05, 4.69) is 77.3 Å². The van der Waals surface area contributed by atoms with Gasteiger partial charge in [0.25, 0.3) is 0 Å². The van der Waals surface area contributed by atoms with Gasteiger partial charge in [0, 0.05) is 6.20 Å². The Morgan fingerprint density at radius 1 is 1.00 bits per heavy atom. The van der Waals surface area contributed by atoms with Crippen LogP contribution in [0.1, 0.15) is 24.1 Å². The number of aromatic nitrogens is 2. The fraction of sp³-hybridized carbons (Fsp3) is 0.130. The van der Waals surface area contributed by atoms with Crippen LogP contribution in [-0.2, 0) is 6.54 Å². The van der Waals surface area contributed by atoms with E-state index in [0.717, 1.165) is 5.69 Å². The van der Waals surface area contributed by atoms with Gasteiger partial charge in [-0.3, -0.25) is 4.68 Å². The molecule has 28 heavy (non-hydrogen) atoms. The summed E-state index contributed by atoms with van der Waals surface area (Å²) in [6.45, 7) is 2.80. The van der Waals surface area contributed by atoms with Crippen LogP contribution in [-0.4, -0.2) is 14.9 Å². The molecular weight excluding hydrogens is 364 g/mol. The van der Waals surface area contributed by atoms with Crippen LogP contribution in [0.2, 0.25) is 0 Å². The van der Waals surface area contributed by atoms with Crippen LogP contribution in [0.15, 0.2) is 85.2 Å². The molecule has 0 saturated carbocycles. The summed E-state index contributed by atoms with van der Waals surface area (Å²) in [5.41, 5.74) is 3.31. The molecule has 5 heteroatoms. The maximum Gasteiger partial charge on any atom is 0.171 e. The zero-order chi connectivity index (χ0) is 19.3. The second kappa shape index (κ2) is 8.23. The van der Waals surface area contributed by atoms with Gasteiger partial charge in [0.15, 0.2) is 5.11 Å². The molecule has 1 aromatic heterocycles. The fourth-order valence-corrected chi connectivity index (χ4v) is 3.60. The van der Waals surface area contributed by atoms with Crippen molar-refractivity contribution in [1.29, 1.82) is 0 Å². The third kappa shape index (κ3) is 4.21. The second-order valence-corrected chi connectivity index (χ2v) is 7.20. The summed E-state index contributed by atoms with van der Waals surface area (Å²) >= 11 is 5.46. The highest BCUT2D eigenvalue weighted by atomic mass is 32.1. The monoisotopic (exact) mass is 386 g/mol. The Hall–Kier alpha value is -3.18. The zero-order valence-corrected chi connectivity index (χ0v) is 16.5. The van der Waals surface area contributed by atoms with Gasteiger partial charge in [0.2, 0.25) is 0 Å². The minimum absolute atomic E-state index is 0.131. The van der Waals surface area contributed by atoms with E-state index in [9.17, 15) is 0 Å². The van der Waals surface area contributed by atoms with Crippen LogP contribution in [0, 0.1) is 0 Å². The summed E-state index contributed by atoms with van der Waals surface area (Å²) in [6.07, 6.45) is 3.77. The Balaban J connectivity index is 1.41. The largest absolute Gasteiger partial charge is 0.356 e. The molecule has 0 saturated heterocycles. The Kier molecular flexibility index (Phi) is 5.35. The van der Waals surface area contributed by atoms with Gasteiger partial charge in [-0.1, -0.05) is 72.8 Å². The summed E-state index contributed by atoms with van der Waals surface area (Å²) in [4.78, 5) is 0. The molecule has 0 aliphatic carbocycles. The van der Waals surface area contributed by atoms with Crippen LogP contribution in [0.25, 0.3) is 10.8 Å². The number of benzene rings is 3. The highest BCUT2D eigenvalue weighted by Gasteiger charge is 2.08. The minimum atomic E-state index is 0.131. The number of anilines is 1. The number of thiocarbonyl (C=S) groups is 1. The molecule has 0 bridgehead atoms. The topological polar surface area (TPSA) is 41.9 Å². The van der Waals surface area contributed by atoms with Crippen molar-refractivity contribution < 1.29 is 0 Å². The molecule has 0 radical (unpaired) electrons. The van der Waals surface area contributed by atoms with Crippen LogP contribution in [0.5, 0.6) is 0 Å². The number of fused-ring (bicyclic) bond motifs is 1. The molecule has 4 nitrogen and oxygen atoms in total. The van der Waals surface area contributed by atoms with Crippen molar-refractivity contribution in [2.45, 2.75) is 19.5 Å². The number of hydrogen-bond donors (Lipinski definition) is 2. The Bertz CT molecular complexity index is 1080. The average molecular weight is 387 g/mol. The van der Waals surface area contributed by atoms with Gasteiger partial charge in [-0.25, -0.2) is 0 Å². The van der Waals surface area contributed by atoms with E-state index in [1.54, 1.807) is 6.20 Å². The van der Waals surface area contributed by atoms with Crippen LogP contribution < -0.4 is 10.6 Å². The van der Waals surface area contributed by atoms with Crippen molar-refractivity contribution in [2.75, 3.05) is 5.32 Å². The first-order valence-electron chi connectivity index (χ1n) is 9.30. The van der Waals surface area contributed by atoms with Gasteiger partial charge in [-0.2, -0.15) is 5.10 Å². The van der Waals surface area contributed by atoms with Crippen molar-refractivity contribution >= 4 is 33.8 Å². The van der Waals surface area contributed by atoms with Gasteiger partial charge in [-0.15, -0.1) is 0 Å². The summed E-state index contributed by atoms with van der Waals surface area (Å²) in [5.74, 6) is 0. The smallest absolute Gasteiger partial charge is 0.171 e. The lowest BCUT2D eigenvalue weighted by Gasteiger charge is -2.16. The summed E-state index contributed by atoms with van der Waals surface area (Å²) in [5, 5.41) is 14.1. The average Bonchev–Trinajstić information content (AvgIpc) is 3.15. The number of nitrogens with one attached hydrogen (secondary N) is 2. The second-order valence-electron chi connectivity index (χ2n) is 6.80. The lowest BCUT2D eigenvalue weighted by atomic mass is 10.0. The predicted molar refractivity (Wildman–Crippen MR) is 119 cm³/mol. The molecule has 1 atom stereocenters. The van der Waals surface area contributed by atoms with Gasteiger partial charge < -0.3 is 10.6 Å². The van der Waals surface area contributed by atoms with Gasteiger partial charge in [0.1, 0.15) is 0 Å². The Morgan fingerprint density at radius 2 is 1.75 bits per heavy atom. The number of hydrogen-bond acceptors (Lipinski definition) is 2. The maximum atomic E-state index is 5.46. The molecule has 0 amide bonds. The van der Waals surface area contributed by atoms with Crippen molar-refractivity contribution in [3.05, 3.63) is 96.3 Å². The van der Waals surface area contributed by atoms with E-state index in [4.69, 9.17) is 12.2 Å². The molecular formula is C23H22N4S. The lowest BCUT2D eigenvalue weighted by molar-refractivity contribution is 0.690. The lowest BCUT2D eigenvalue weighted by Crippen LogP contribution is -2.30. The van der Waals surface area contributed by atoms with E-state index < -0.39 is 0 Å². The van der Waals surface area contributed by atoms with Crippen LogP contribution in [0.3, 0.4) is 0 Å². The summed E-state index contributed by atoms with van der Waals surface area (Å²) in [6, 6.07) is 25.1. The predicted octanol–water partition coefficient (Wildman–Crippen LogP) is 5.13. The van der Waals surface area contributed by atoms with E-state index in [1.807, 2.05) is 29.1 Å². The molecule has 0 aliphatic heterocycles. The van der Waals surface area contributed by atoms with E-state index >= 15 is 0 Å². The minimum Gasteiger partial charge on any atom is -0.356 e. The van der Waals surface area contributed by atoms with E-state index in [-0.39, 0.29) is 6.04 Å². The normalized spacial score (nSPS) is 11.9. The molecule has 140 valence electrons. The standard InChI is InChI=1S/C23H22N4S/c1-17(18-8-3-2-4-9-18)25-23(28)26-21-14-24-27(16-21)15-20-12-7-11-19-10-5-6-13-22(19)20/h2-14,16-17H,15H2,1H3,(H2,25,26,28). The molecule has 3 aromatic carbocycles. The molecule has 0 spiro atoms. The SMILES string of the molecule is CC(NC(=S)Nc1cnn(Cc2cccc3ccccc23)c1)c1ccccc1. The first kappa shape index (κ1) is 18.2. The van der Waals surface area contributed by atoms with Crippen LogP contribution >= 0.6 is 12.2 Å². The maximum absolute atomic E-state index is 5.46. The molecule has 4 aromatic rings. The molecule has 4 rings (SSSR count). The van der Waals surface area contributed by atoms with Crippen molar-refractivity contribution in [1.82, 2.24) is 15.1 Å². The highest BCUT2D eigenvalue weighted by molar-refractivity contribution is 7.80. The molecule has 0 aliphatic rings. The first-order valence-corrected chi connectivity index (χ1v) is 9.71. The Morgan fingerprint density at radius 3 is 2.61 bits per heavy atom. The van der Waals surface area contributed by atoms with E-state index in [1.165, 1.54) is 21.9 Å². The first-order chi connectivity index (χ1) is 13.7. The summed E-state index contributed by atoms with van der Waals surface area (Å²) < 4.78 is 1.92. The molecule has 0 fully saturated rings. The molecule has 1 heterocycles. The van der Waals surface area contributed by atoms with Gasteiger partial charge in [-0.05, 0) is 41.0 Å². The third-order valence-electron chi connectivity index (χ3n) is 4.75. The van der Waals surface area contributed by atoms with Crippen molar-refractivity contribution in [2.24, 2.45) is 0 Å². The fourth-order valence-electron chi connectivity index (χ4n) is 3.31. The van der Waals surface area contributed by atoms with Crippen LogP contribution in [0.4, 0.5) is 5.69 Å². The van der Waals surface area contributed by atoms with Crippen molar-refractivity contribution in [3.63, 3.8) is 0 Å². The van der Waals surface area contributed by atoms with E-state index in [0.29, 0.717) is 11.7 Å².